The highest BCUT2D eigenvalue weighted by Crippen LogP contribution is 2.21. The number of hydrogen-bond donors (Lipinski definition) is 1. The number of rotatable bonds is 8. The van der Waals surface area contributed by atoms with Crippen LogP contribution in [0.1, 0.15) is 36.5 Å². The fourth-order valence-electron chi connectivity index (χ4n) is 3.29. The quantitative estimate of drug-likeness (QED) is 0.693. The average molecular weight is 433 g/mol. The molecule has 3 rings (SSSR count). The van der Waals surface area contributed by atoms with Crippen LogP contribution in [0.2, 0.25) is 0 Å². The van der Waals surface area contributed by atoms with Crippen LogP contribution in [0.3, 0.4) is 0 Å². The number of methoxy groups -OCH3 is 1. The Labute approximate surface area is 178 Å². The van der Waals surface area contributed by atoms with E-state index in [0.29, 0.717) is 24.4 Å². The number of nitrogens with one attached hydrogen (secondary N) is 1. The third kappa shape index (κ3) is 5.52. The van der Waals surface area contributed by atoms with Gasteiger partial charge in [-0.15, -0.1) is 0 Å². The molecule has 1 heterocycles. The lowest BCUT2D eigenvalue weighted by atomic mass is 10.2. The highest BCUT2D eigenvalue weighted by Gasteiger charge is 2.26. The Hall–Kier alpha value is -2.58. The van der Waals surface area contributed by atoms with Crippen LogP contribution in [-0.2, 0) is 10.0 Å². The number of amides is 1. The number of piperidine rings is 1. The van der Waals surface area contributed by atoms with Gasteiger partial charge in [-0.1, -0.05) is 12.5 Å². The maximum absolute atomic E-state index is 12.9. The predicted molar refractivity (Wildman–Crippen MR) is 114 cm³/mol. The van der Waals surface area contributed by atoms with Crippen molar-refractivity contribution in [3.8, 4) is 11.5 Å². The summed E-state index contributed by atoms with van der Waals surface area (Å²) in [4.78, 5) is 12.8. The molecule has 0 aliphatic carbocycles. The average Bonchev–Trinajstić information content (AvgIpc) is 2.78. The molecule has 0 saturated carbocycles. The van der Waals surface area contributed by atoms with Crippen LogP contribution in [0, 0.1) is 0 Å². The molecule has 8 heteroatoms. The van der Waals surface area contributed by atoms with E-state index in [2.05, 4.69) is 5.32 Å². The molecule has 7 nitrogen and oxygen atoms in total. The zero-order valence-corrected chi connectivity index (χ0v) is 18.2. The Balaban J connectivity index is 1.60. The van der Waals surface area contributed by atoms with Crippen molar-refractivity contribution in [1.29, 1.82) is 0 Å². The van der Waals surface area contributed by atoms with Gasteiger partial charge >= 0.3 is 0 Å². The second-order valence-electron chi connectivity index (χ2n) is 7.35. The van der Waals surface area contributed by atoms with E-state index in [4.69, 9.17) is 9.47 Å². The van der Waals surface area contributed by atoms with E-state index in [9.17, 15) is 13.2 Å². The molecule has 2 aromatic rings. The molecule has 1 amide bonds. The van der Waals surface area contributed by atoms with E-state index < -0.39 is 10.0 Å². The topological polar surface area (TPSA) is 84.9 Å². The van der Waals surface area contributed by atoms with Crippen LogP contribution in [0.25, 0.3) is 0 Å². The Morgan fingerprint density at radius 2 is 1.73 bits per heavy atom. The zero-order chi connectivity index (χ0) is 21.6. The van der Waals surface area contributed by atoms with Crippen LogP contribution in [0.15, 0.2) is 53.4 Å². The van der Waals surface area contributed by atoms with Gasteiger partial charge in [-0.3, -0.25) is 4.79 Å². The normalized spacial score (nSPS) is 15.9. The molecular weight excluding hydrogens is 404 g/mol. The summed E-state index contributed by atoms with van der Waals surface area (Å²) in [6.45, 7) is 3.16. The Kier molecular flexibility index (Phi) is 7.33. The summed E-state index contributed by atoms with van der Waals surface area (Å²) in [6.07, 6.45) is 2.78. The molecule has 1 N–H and O–H groups in total. The molecule has 1 aliphatic rings. The zero-order valence-electron chi connectivity index (χ0n) is 17.3. The van der Waals surface area contributed by atoms with Crippen molar-refractivity contribution in [2.24, 2.45) is 0 Å². The molecule has 1 saturated heterocycles. The highest BCUT2D eigenvalue weighted by atomic mass is 32.2. The van der Waals surface area contributed by atoms with Gasteiger partial charge in [-0.05, 0) is 62.2 Å². The van der Waals surface area contributed by atoms with Crippen LogP contribution >= 0.6 is 0 Å². The van der Waals surface area contributed by atoms with E-state index in [1.165, 1.54) is 16.4 Å². The van der Waals surface area contributed by atoms with Gasteiger partial charge in [0, 0.05) is 18.7 Å². The molecule has 2 aromatic carbocycles. The number of hydrogen-bond acceptors (Lipinski definition) is 5. The first-order valence-corrected chi connectivity index (χ1v) is 11.5. The van der Waals surface area contributed by atoms with Crippen molar-refractivity contribution >= 4 is 15.9 Å². The van der Waals surface area contributed by atoms with E-state index in [-0.39, 0.29) is 23.5 Å². The largest absolute Gasteiger partial charge is 0.497 e. The third-order valence-electron chi connectivity index (χ3n) is 4.99. The van der Waals surface area contributed by atoms with E-state index in [0.717, 1.165) is 25.0 Å². The van der Waals surface area contributed by atoms with Gasteiger partial charge in [-0.25, -0.2) is 8.42 Å². The van der Waals surface area contributed by atoms with Crippen LogP contribution in [0.5, 0.6) is 11.5 Å². The summed E-state index contributed by atoms with van der Waals surface area (Å²) in [5, 5.41) is 2.85. The smallest absolute Gasteiger partial charge is 0.251 e. The number of carbonyl (C=O) groups is 1. The molecule has 30 heavy (non-hydrogen) atoms. The lowest BCUT2D eigenvalue weighted by Crippen LogP contribution is -2.37. The van der Waals surface area contributed by atoms with E-state index >= 15 is 0 Å². The van der Waals surface area contributed by atoms with Crippen LogP contribution in [0.4, 0.5) is 0 Å². The van der Waals surface area contributed by atoms with Gasteiger partial charge in [0.25, 0.3) is 5.91 Å². The third-order valence-corrected chi connectivity index (χ3v) is 6.88. The monoisotopic (exact) mass is 432 g/mol. The van der Waals surface area contributed by atoms with Crippen molar-refractivity contribution < 1.29 is 22.7 Å². The van der Waals surface area contributed by atoms with Crippen molar-refractivity contribution in [1.82, 2.24) is 9.62 Å². The SMILES string of the molecule is COc1ccc(OC[C@H](C)NC(=O)c2cccc(S(=O)(=O)N3CCCCC3)c2)cc1. The predicted octanol–water partition coefficient (Wildman–Crippen LogP) is 3.07. The molecule has 0 spiro atoms. The molecule has 0 radical (unpaired) electrons. The first kappa shape index (κ1) is 22.1. The summed E-state index contributed by atoms with van der Waals surface area (Å²) in [6, 6.07) is 13.1. The molecule has 0 unspecified atom stereocenters. The first-order valence-electron chi connectivity index (χ1n) is 10.1. The van der Waals surface area contributed by atoms with Crippen molar-refractivity contribution in [3.05, 3.63) is 54.1 Å². The summed E-state index contributed by atoms with van der Waals surface area (Å²) in [5.74, 6) is 1.08. The van der Waals surface area contributed by atoms with Crippen LogP contribution < -0.4 is 14.8 Å². The van der Waals surface area contributed by atoms with Gasteiger partial charge in [-0.2, -0.15) is 4.31 Å². The van der Waals surface area contributed by atoms with Gasteiger partial charge in [0.05, 0.1) is 18.0 Å². The number of carbonyl (C=O) groups excluding carboxylic acids is 1. The first-order chi connectivity index (χ1) is 14.4. The lowest BCUT2D eigenvalue weighted by Gasteiger charge is -2.26. The standard InChI is InChI=1S/C22H28N2O5S/c1-17(16-29-20-11-9-19(28-2)10-12-20)23-22(25)18-7-6-8-21(15-18)30(26,27)24-13-4-3-5-14-24/h6-12,15,17H,3-5,13-14,16H2,1-2H3,(H,23,25)/t17-/m0/s1. The number of sulfonamides is 1. The van der Waals surface area contributed by atoms with Gasteiger partial charge in [0.1, 0.15) is 18.1 Å². The van der Waals surface area contributed by atoms with E-state index in [1.54, 1.807) is 43.5 Å². The van der Waals surface area contributed by atoms with Crippen molar-refractivity contribution in [2.45, 2.75) is 37.1 Å². The van der Waals surface area contributed by atoms with Crippen molar-refractivity contribution in [2.75, 3.05) is 26.8 Å². The lowest BCUT2D eigenvalue weighted by molar-refractivity contribution is 0.0926. The summed E-state index contributed by atoms with van der Waals surface area (Å²) >= 11 is 0. The molecule has 1 aliphatic heterocycles. The van der Waals surface area contributed by atoms with Gasteiger partial charge in [0.2, 0.25) is 10.0 Å². The molecule has 0 bridgehead atoms. The Morgan fingerprint density at radius 3 is 2.40 bits per heavy atom. The number of nitrogens with zero attached hydrogens (tertiary/aromatic N) is 1. The van der Waals surface area contributed by atoms with E-state index in [1.807, 2.05) is 6.92 Å². The Bertz CT molecular complexity index is 954. The summed E-state index contributed by atoms with van der Waals surface area (Å²) in [5.41, 5.74) is 0.310. The Morgan fingerprint density at radius 1 is 1.07 bits per heavy atom. The summed E-state index contributed by atoms with van der Waals surface area (Å²) in [7, 11) is -1.98. The molecule has 1 atom stereocenters. The maximum atomic E-state index is 12.9. The highest BCUT2D eigenvalue weighted by molar-refractivity contribution is 7.89. The second kappa shape index (κ2) is 9.95. The minimum Gasteiger partial charge on any atom is -0.497 e. The fraction of sp³-hybridized carbons (Fsp3) is 0.409. The van der Waals surface area contributed by atoms with Gasteiger partial charge < -0.3 is 14.8 Å². The fourth-order valence-corrected chi connectivity index (χ4v) is 4.86. The number of benzene rings is 2. The molecule has 0 aromatic heterocycles. The molecule has 1 fully saturated rings. The summed E-state index contributed by atoms with van der Waals surface area (Å²) < 4.78 is 38.0. The minimum atomic E-state index is -3.58. The van der Waals surface area contributed by atoms with Crippen molar-refractivity contribution in [3.63, 3.8) is 0 Å². The van der Waals surface area contributed by atoms with Crippen LogP contribution in [-0.4, -0.2) is 51.5 Å². The maximum Gasteiger partial charge on any atom is 0.251 e. The molecular formula is C22H28N2O5S. The van der Waals surface area contributed by atoms with Gasteiger partial charge in [0.15, 0.2) is 0 Å². The second-order valence-corrected chi connectivity index (χ2v) is 9.29. The number of ether oxygens (including phenoxy) is 2. The minimum absolute atomic E-state index is 0.152. The molecule has 162 valence electrons.